The van der Waals surface area contributed by atoms with Gasteiger partial charge in [-0.2, -0.15) is 0 Å². The fraction of sp³-hybridized carbons (Fsp3) is 0. The van der Waals surface area contributed by atoms with E-state index < -0.39 is 0 Å². The molecular formula is C11H8ClN3OS. The normalized spacial score (nSPS) is 9.94. The van der Waals surface area contributed by atoms with Crippen LogP contribution in [0.4, 0.5) is 0 Å². The topological polar surface area (TPSA) is 61.0 Å². The number of halogens is 1. The smallest absolute Gasteiger partial charge is 0.237 e. The molecule has 0 aliphatic rings. The predicted molar refractivity (Wildman–Crippen MR) is 69.4 cm³/mol. The number of aromatic nitrogens is 2. The van der Waals surface area contributed by atoms with Crippen LogP contribution in [0.3, 0.4) is 0 Å². The quantitative estimate of drug-likeness (QED) is 0.865. The van der Waals surface area contributed by atoms with E-state index in [0.717, 1.165) is 0 Å². The van der Waals surface area contributed by atoms with Crippen LogP contribution in [0.25, 0.3) is 0 Å². The van der Waals surface area contributed by atoms with Gasteiger partial charge in [0.05, 0.1) is 17.4 Å². The van der Waals surface area contributed by atoms with Gasteiger partial charge in [0.2, 0.25) is 5.88 Å². The molecule has 2 rings (SSSR count). The minimum atomic E-state index is 0.196. The maximum absolute atomic E-state index is 5.94. The lowest BCUT2D eigenvalue weighted by Crippen LogP contribution is -2.11. The standard InChI is InChI=1S/C11H8ClN3OS/c12-7-3-1-2-4-9(7)16-10-6-14-8(5-15-10)11(13)17/h1-6H,(H2,13,17). The van der Waals surface area contributed by atoms with E-state index in [1.54, 1.807) is 12.1 Å². The highest BCUT2D eigenvalue weighted by Crippen LogP contribution is 2.27. The van der Waals surface area contributed by atoms with Gasteiger partial charge in [-0.25, -0.2) is 9.97 Å². The van der Waals surface area contributed by atoms with E-state index in [9.17, 15) is 0 Å². The van der Waals surface area contributed by atoms with Gasteiger partial charge >= 0.3 is 0 Å². The van der Waals surface area contributed by atoms with Crippen LogP contribution in [0.5, 0.6) is 11.6 Å². The minimum absolute atomic E-state index is 0.196. The average Bonchev–Trinajstić information content (AvgIpc) is 2.33. The van der Waals surface area contributed by atoms with Gasteiger partial charge in [0.1, 0.15) is 16.4 Å². The number of rotatable bonds is 3. The fourth-order valence-corrected chi connectivity index (χ4v) is 1.42. The van der Waals surface area contributed by atoms with Gasteiger partial charge in [-0.15, -0.1) is 0 Å². The summed E-state index contributed by atoms with van der Waals surface area (Å²) in [5, 5.41) is 0.507. The van der Waals surface area contributed by atoms with Crippen molar-refractivity contribution in [2.45, 2.75) is 0 Å². The lowest BCUT2D eigenvalue weighted by Gasteiger charge is -2.05. The Hall–Kier alpha value is -1.72. The first-order valence-electron chi connectivity index (χ1n) is 4.71. The van der Waals surface area contributed by atoms with E-state index in [0.29, 0.717) is 22.3 Å². The third-order valence-corrected chi connectivity index (χ3v) is 2.45. The van der Waals surface area contributed by atoms with E-state index in [4.69, 9.17) is 34.3 Å². The summed E-state index contributed by atoms with van der Waals surface area (Å²) in [6, 6.07) is 7.11. The van der Waals surface area contributed by atoms with Crippen LogP contribution in [-0.4, -0.2) is 15.0 Å². The Bertz CT molecular complexity index is 545. The van der Waals surface area contributed by atoms with Gasteiger partial charge in [-0.1, -0.05) is 36.0 Å². The van der Waals surface area contributed by atoms with E-state index in [2.05, 4.69) is 9.97 Å². The van der Waals surface area contributed by atoms with Crippen LogP contribution < -0.4 is 10.5 Å². The molecule has 0 unspecified atom stereocenters. The average molecular weight is 266 g/mol. The Morgan fingerprint density at radius 1 is 1.24 bits per heavy atom. The van der Waals surface area contributed by atoms with Gasteiger partial charge in [0.15, 0.2) is 0 Å². The lowest BCUT2D eigenvalue weighted by molar-refractivity contribution is 0.460. The molecule has 1 aromatic carbocycles. The zero-order valence-corrected chi connectivity index (χ0v) is 10.2. The van der Waals surface area contributed by atoms with Crippen molar-refractivity contribution in [3.63, 3.8) is 0 Å². The molecule has 0 fully saturated rings. The van der Waals surface area contributed by atoms with Gasteiger partial charge in [0.25, 0.3) is 0 Å². The molecule has 0 bridgehead atoms. The van der Waals surface area contributed by atoms with Crippen molar-refractivity contribution in [2.75, 3.05) is 0 Å². The molecule has 2 aromatic rings. The second-order valence-electron chi connectivity index (χ2n) is 3.14. The molecule has 6 heteroatoms. The molecule has 1 aromatic heterocycles. The predicted octanol–water partition coefficient (Wildman–Crippen LogP) is 2.56. The Balaban J connectivity index is 2.20. The van der Waals surface area contributed by atoms with E-state index >= 15 is 0 Å². The van der Waals surface area contributed by atoms with E-state index in [-0.39, 0.29) is 4.99 Å². The maximum Gasteiger partial charge on any atom is 0.237 e. The Morgan fingerprint density at radius 3 is 2.59 bits per heavy atom. The van der Waals surface area contributed by atoms with Crippen molar-refractivity contribution in [2.24, 2.45) is 5.73 Å². The summed E-state index contributed by atoms with van der Waals surface area (Å²) < 4.78 is 5.45. The monoisotopic (exact) mass is 265 g/mol. The van der Waals surface area contributed by atoms with Crippen LogP contribution in [0.15, 0.2) is 36.7 Å². The molecule has 0 saturated carbocycles. The van der Waals surface area contributed by atoms with Crippen molar-refractivity contribution in [3.8, 4) is 11.6 Å². The molecular weight excluding hydrogens is 258 g/mol. The van der Waals surface area contributed by atoms with Crippen LogP contribution >= 0.6 is 23.8 Å². The SMILES string of the molecule is NC(=S)c1cnc(Oc2ccccc2Cl)cn1. The molecule has 0 aliphatic heterocycles. The highest BCUT2D eigenvalue weighted by Gasteiger charge is 2.04. The molecule has 0 radical (unpaired) electrons. The van der Waals surface area contributed by atoms with E-state index in [1.807, 2.05) is 12.1 Å². The highest BCUT2D eigenvalue weighted by molar-refractivity contribution is 7.80. The van der Waals surface area contributed by atoms with Crippen LogP contribution in [0.1, 0.15) is 5.69 Å². The third kappa shape index (κ3) is 2.89. The van der Waals surface area contributed by atoms with Gasteiger partial charge < -0.3 is 10.5 Å². The van der Waals surface area contributed by atoms with Crippen molar-refractivity contribution < 1.29 is 4.74 Å². The van der Waals surface area contributed by atoms with Crippen LogP contribution in [0.2, 0.25) is 5.02 Å². The summed E-state index contributed by atoms with van der Waals surface area (Å²) in [5.74, 6) is 0.852. The van der Waals surface area contributed by atoms with Crippen molar-refractivity contribution in [3.05, 3.63) is 47.4 Å². The number of hydrogen-bond donors (Lipinski definition) is 1. The first-order chi connectivity index (χ1) is 8.16. The Morgan fingerprint density at radius 2 is 2.00 bits per heavy atom. The maximum atomic E-state index is 5.94. The summed E-state index contributed by atoms with van der Waals surface area (Å²) in [6.45, 7) is 0. The van der Waals surface area contributed by atoms with Crippen molar-refractivity contribution in [1.29, 1.82) is 0 Å². The second kappa shape index (κ2) is 5.07. The largest absolute Gasteiger partial charge is 0.436 e. The number of benzene rings is 1. The number of para-hydroxylation sites is 1. The molecule has 0 atom stereocenters. The van der Waals surface area contributed by atoms with E-state index in [1.165, 1.54) is 12.4 Å². The number of hydrogen-bond acceptors (Lipinski definition) is 4. The number of nitrogens with two attached hydrogens (primary N) is 1. The summed E-state index contributed by atoms with van der Waals surface area (Å²) in [4.78, 5) is 8.23. The molecule has 0 spiro atoms. The molecule has 0 saturated heterocycles. The second-order valence-corrected chi connectivity index (χ2v) is 3.98. The van der Waals surface area contributed by atoms with Crippen molar-refractivity contribution in [1.82, 2.24) is 9.97 Å². The first kappa shape index (κ1) is 11.8. The summed E-state index contributed by atoms with van der Waals surface area (Å²) in [5.41, 5.74) is 5.86. The molecule has 2 N–H and O–H groups in total. The summed E-state index contributed by atoms with van der Waals surface area (Å²) in [6.07, 6.45) is 2.90. The first-order valence-corrected chi connectivity index (χ1v) is 5.49. The minimum Gasteiger partial charge on any atom is -0.436 e. The highest BCUT2D eigenvalue weighted by atomic mass is 35.5. The molecule has 0 amide bonds. The molecule has 17 heavy (non-hydrogen) atoms. The number of nitrogens with zero attached hydrogens (tertiary/aromatic N) is 2. The van der Waals surface area contributed by atoms with Crippen molar-refractivity contribution >= 4 is 28.8 Å². The van der Waals surface area contributed by atoms with Gasteiger partial charge in [0, 0.05) is 0 Å². The number of ether oxygens (including phenoxy) is 1. The number of thiocarbonyl (C=S) groups is 1. The van der Waals surface area contributed by atoms with Crippen LogP contribution in [0, 0.1) is 0 Å². The summed E-state index contributed by atoms with van der Waals surface area (Å²) >= 11 is 10.7. The fourth-order valence-electron chi connectivity index (χ4n) is 1.14. The van der Waals surface area contributed by atoms with Gasteiger partial charge in [-0.05, 0) is 12.1 Å². The molecule has 4 nitrogen and oxygen atoms in total. The Kier molecular flexibility index (Phi) is 3.51. The molecule has 0 aliphatic carbocycles. The zero-order chi connectivity index (χ0) is 12.3. The Labute approximate surface area is 108 Å². The summed E-state index contributed by atoms with van der Waals surface area (Å²) in [7, 11) is 0. The molecule has 86 valence electrons. The molecule has 1 heterocycles. The van der Waals surface area contributed by atoms with Gasteiger partial charge in [-0.3, -0.25) is 0 Å². The third-order valence-electron chi connectivity index (χ3n) is 1.93. The van der Waals surface area contributed by atoms with Crippen LogP contribution in [-0.2, 0) is 0 Å². The lowest BCUT2D eigenvalue weighted by atomic mass is 10.3. The zero-order valence-electron chi connectivity index (χ0n) is 8.63.